The quantitative estimate of drug-likeness (QED) is 0.847. The van der Waals surface area contributed by atoms with Gasteiger partial charge in [0.25, 0.3) is 0 Å². The van der Waals surface area contributed by atoms with E-state index in [0.717, 1.165) is 12.1 Å². The molecular formula is C14H15F3N2O2. The number of benzene rings is 1. The maximum Gasteiger partial charge on any atom is 0.416 e. The van der Waals surface area contributed by atoms with Crippen LogP contribution in [0.1, 0.15) is 31.4 Å². The molecule has 0 aliphatic carbocycles. The van der Waals surface area contributed by atoms with Gasteiger partial charge in [0, 0.05) is 6.04 Å². The monoisotopic (exact) mass is 300 g/mol. The molecule has 1 rings (SSSR count). The molecule has 0 fully saturated rings. The van der Waals surface area contributed by atoms with Crippen molar-refractivity contribution in [2.24, 2.45) is 0 Å². The number of ether oxygens (including phenoxy) is 1. The number of carbonyl (C=O) groups is 1. The van der Waals surface area contributed by atoms with Gasteiger partial charge in [0.1, 0.15) is 6.07 Å². The van der Waals surface area contributed by atoms with E-state index in [9.17, 15) is 18.0 Å². The first-order valence-corrected chi connectivity index (χ1v) is 6.31. The molecular weight excluding hydrogens is 285 g/mol. The molecule has 0 heterocycles. The summed E-state index contributed by atoms with van der Waals surface area (Å²) < 4.78 is 42.5. The third-order valence-electron chi connectivity index (χ3n) is 2.65. The van der Waals surface area contributed by atoms with Crippen molar-refractivity contribution in [2.45, 2.75) is 32.5 Å². The molecule has 0 spiro atoms. The Bertz CT molecular complexity index is 550. The average Bonchev–Trinajstić information content (AvgIpc) is 2.37. The zero-order valence-electron chi connectivity index (χ0n) is 11.6. The number of anilines is 1. The molecule has 1 aromatic carbocycles. The number of rotatable bonds is 5. The van der Waals surface area contributed by atoms with Gasteiger partial charge in [-0.2, -0.15) is 18.4 Å². The van der Waals surface area contributed by atoms with Crippen molar-refractivity contribution in [3.8, 4) is 6.07 Å². The molecule has 4 nitrogen and oxygen atoms in total. The van der Waals surface area contributed by atoms with Crippen molar-refractivity contribution in [3.05, 3.63) is 29.3 Å². The Morgan fingerprint density at radius 1 is 1.48 bits per heavy atom. The Balaban J connectivity index is 2.85. The van der Waals surface area contributed by atoms with Crippen LogP contribution in [0.25, 0.3) is 0 Å². The number of alkyl halides is 3. The Kier molecular flexibility index (Phi) is 5.59. The van der Waals surface area contributed by atoms with E-state index < -0.39 is 17.7 Å². The first-order chi connectivity index (χ1) is 9.77. The van der Waals surface area contributed by atoms with Crippen LogP contribution >= 0.6 is 0 Å². The molecule has 0 amide bonds. The lowest BCUT2D eigenvalue weighted by atomic mass is 10.1. The van der Waals surface area contributed by atoms with Crippen LogP contribution in [0.5, 0.6) is 0 Å². The number of hydrogen-bond donors (Lipinski definition) is 1. The Hall–Kier alpha value is -2.23. The van der Waals surface area contributed by atoms with Crippen molar-refractivity contribution in [1.29, 1.82) is 5.26 Å². The highest BCUT2D eigenvalue weighted by atomic mass is 19.4. The molecule has 0 saturated carbocycles. The van der Waals surface area contributed by atoms with E-state index in [1.54, 1.807) is 19.9 Å². The first kappa shape index (κ1) is 16.8. The van der Waals surface area contributed by atoms with Gasteiger partial charge in [-0.1, -0.05) is 0 Å². The van der Waals surface area contributed by atoms with Gasteiger partial charge in [-0.15, -0.1) is 0 Å². The largest absolute Gasteiger partial charge is 0.466 e. The summed E-state index contributed by atoms with van der Waals surface area (Å²) in [5, 5.41) is 11.8. The van der Waals surface area contributed by atoms with E-state index in [4.69, 9.17) is 10.00 Å². The fourth-order valence-corrected chi connectivity index (χ4v) is 1.73. The Morgan fingerprint density at radius 2 is 2.14 bits per heavy atom. The van der Waals surface area contributed by atoms with E-state index in [-0.39, 0.29) is 30.3 Å². The van der Waals surface area contributed by atoms with Gasteiger partial charge < -0.3 is 10.1 Å². The van der Waals surface area contributed by atoms with E-state index in [2.05, 4.69) is 5.32 Å². The third-order valence-corrected chi connectivity index (χ3v) is 2.65. The molecule has 1 N–H and O–H groups in total. The van der Waals surface area contributed by atoms with Gasteiger partial charge in [0.15, 0.2) is 0 Å². The molecule has 7 heteroatoms. The van der Waals surface area contributed by atoms with Crippen molar-refractivity contribution in [1.82, 2.24) is 0 Å². The van der Waals surface area contributed by atoms with Crippen molar-refractivity contribution in [2.75, 3.05) is 11.9 Å². The lowest BCUT2D eigenvalue weighted by molar-refractivity contribution is -0.143. The van der Waals surface area contributed by atoms with Crippen molar-refractivity contribution >= 4 is 11.7 Å². The predicted molar refractivity (Wildman–Crippen MR) is 70.5 cm³/mol. The van der Waals surface area contributed by atoms with Gasteiger partial charge >= 0.3 is 12.1 Å². The van der Waals surface area contributed by atoms with Crippen LogP contribution in [0.2, 0.25) is 0 Å². The van der Waals surface area contributed by atoms with Gasteiger partial charge in [-0.25, -0.2) is 0 Å². The van der Waals surface area contributed by atoms with E-state index in [0.29, 0.717) is 0 Å². The number of carbonyl (C=O) groups excluding carboxylic acids is 1. The fourth-order valence-electron chi connectivity index (χ4n) is 1.73. The summed E-state index contributed by atoms with van der Waals surface area (Å²) in [7, 11) is 0. The summed E-state index contributed by atoms with van der Waals surface area (Å²) in [6.07, 6.45) is -4.44. The van der Waals surface area contributed by atoms with Gasteiger partial charge in [-0.05, 0) is 32.0 Å². The molecule has 0 aliphatic rings. The van der Waals surface area contributed by atoms with Crippen molar-refractivity contribution < 1.29 is 22.7 Å². The number of nitrogens with zero attached hydrogens (tertiary/aromatic N) is 1. The highest BCUT2D eigenvalue weighted by Crippen LogP contribution is 2.31. The minimum Gasteiger partial charge on any atom is -0.466 e. The van der Waals surface area contributed by atoms with Crippen LogP contribution in [0.3, 0.4) is 0 Å². The average molecular weight is 300 g/mol. The third kappa shape index (κ3) is 4.99. The molecule has 1 unspecified atom stereocenters. The molecule has 0 aromatic heterocycles. The van der Waals surface area contributed by atoms with Crippen LogP contribution in [0, 0.1) is 11.3 Å². The zero-order chi connectivity index (χ0) is 16.0. The molecule has 0 radical (unpaired) electrons. The lowest BCUT2D eigenvalue weighted by Gasteiger charge is -2.16. The van der Waals surface area contributed by atoms with Crippen LogP contribution in [0.15, 0.2) is 18.2 Å². The lowest BCUT2D eigenvalue weighted by Crippen LogP contribution is -2.21. The number of hydrogen-bond acceptors (Lipinski definition) is 4. The molecule has 0 saturated heterocycles. The summed E-state index contributed by atoms with van der Waals surface area (Å²) >= 11 is 0. The molecule has 0 aliphatic heterocycles. The second kappa shape index (κ2) is 6.97. The van der Waals surface area contributed by atoms with Gasteiger partial charge in [-0.3, -0.25) is 4.79 Å². The molecule has 114 valence electrons. The van der Waals surface area contributed by atoms with Crippen LogP contribution in [-0.4, -0.2) is 18.6 Å². The standard InChI is InChI=1S/C14H15F3N2O2/c1-3-21-13(20)6-9(2)19-12-5-4-11(14(15,16)17)7-10(12)8-18/h4-5,7,9,19H,3,6H2,1-2H3. The number of halogens is 3. The second-order valence-electron chi connectivity index (χ2n) is 4.42. The number of nitrogens with one attached hydrogen (secondary N) is 1. The Morgan fingerprint density at radius 3 is 2.67 bits per heavy atom. The summed E-state index contributed by atoms with van der Waals surface area (Å²) in [6, 6.07) is 4.20. The van der Waals surface area contributed by atoms with Crippen molar-refractivity contribution in [3.63, 3.8) is 0 Å². The normalized spacial score (nSPS) is 12.4. The van der Waals surface area contributed by atoms with Crippen LogP contribution < -0.4 is 5.32 Å². The predicted octanol–water partition coefficient (Wildman–Crippen LogP) is 3.33. The summed E-state index contributed by atoms with van der Waals surface area (Å²) in [5.41, 5.74) is -0.759. The highest BCUT2D eigenvalue weighted by Gasteiger charge is 2.31. The topological polar surface area (TPSA) is 62.1 Å². The minimum atomic E-state index is -4.50. The van der Waals surface area contributed by atoms with E-state index in [1.807, 2.05) is 0 Å². The molecule has 21 heavy (non-hydrogen) atoms. The maximum absolute atomic E-state index is 12.6. The zero-order valence-corrected chi connectivity index (χ0v) is 11.6. The fraction of sp³-hybridized carbons (Fsp3) is 0.429. The smallest absolute Gasteiger partial charge is 0.416 e. The molecule has 1 atom stereocenters. The minimum absolute atomic E-state index is 0.0553. The molecule has 1 aromatic rings. The summed E-state index contributed by atoms with van der Waals surface area (Å²) in [5.74, 6) is -0.414. The number of esters is 1. The second-order valence-corrected chi connectivity index (χ2v) is 4.42. The summed E-state index contributed by atoms with van der Waals surface area (Å²) in [6.45, 7) is 3.62. The molecule has 0 bridgehead atoms. The van der Waals surface area contributed by atoms with Crippen LogP contribution in [0.4, 0.5) is 18.9 Å². The van der Waals surface area contributed by atoms with Gasteiger partial charge in [0.2, 0.25) is 0 Å². The van der Waals surface area contributed by atoms with E-state index >= 15 is 0 Å². The van der Waals surface area contributed by atoms with Gasteiger partial charge in [0.05, 0.1) is 29.8 Å². The Labute approximate surface area is 120 Å². The summed E-state index contributed by atoms with van der Waals surface area (Å²) in [4.78, 5) is 11.3. The number of nitriles is 1. The van der Waals surface area contributed by atoms with E-state index in [1.165, 1.54) is 6.07 Å². The first-order valence-electron chi connectivity index (χ1n) is 6.31. The highest BCUT2D eigenvalue weighted by molar-refractivity contribution is 5.71. The SMILES string of the molecule is CCOC(=O)CC(C)Nc1ccc(C(F)(F)F)cc1C#N. The maximum atomic E-state index is 12.6. The van der Waals surface area contributed by atoms with Crippen LogP contribution in [-0.2, 0) is 15.7 Å².